The molecule has 2 fully saturated rings. The summed E-state index contributed by atoms with van der Waals surface area (Å²) in [6, 6.07) is 9.23. The zero-order chi connectivity index (χ0) is 23.0. The third-order valence-electron chi connectivity index (χ3n) is 6.43. The van der Waals surface area contributed by atoms with E-state index in [0.29, 0.717) is 28.7 Å². The van der Waals surface area contributed by atoms with E-state index in [1.807, 2.05) is 12.1 Å². The van der Waals surface area contributed by atoms with Gasteiger partial charge >= 0.3 is 6.18 Å². The molecule has 172 valence electrons. The molecule has 0 saturated carbocycles. The molecule has 2 saturated heterocycles. The lowest BCUT2D eigenvalue weighted by Crippen LogP contribution is -2.25. The number of benzene rings is 1. The summed E-state index contributed by atoms with van der Waals surface area (Å²) < 4.78 is 39.4. The van der Waals surface area contributed by atoms with E-state index in [1.165, 1.54) is 23.7 Å². The van der Waals surface area contributed by atoms with Crippen LogP contribution in [0.5, 0.6) is 0 Å². The Hall–Kier alpha value is -2.90. The molecule has 6 nitrogen and oxygen atoms in total. The van der Waals surface area contributed by atoms with E-state index in [4.69, 9.17) is 10.2 Å². The van der Waals surface area contributed by atoms with Crippen molar-refractivity contribution in [3.63, 3.8) is 0 Å². The van der Waals surface area contributed by atoms with Crippen LogP contribution in [0.25, 0.3) is 21.7 Å². The molecule has 5 rings (SSSR count). The number of rotatable bonds is 4. The highest BCUT2D eigenvalue weighted by molar-refractivity contribution is 7.19. The van der Waals surface area contributed by atoms with Crippen molar-refractivity contribution >= 4 is 16.5 Å². The van der Waals surface area contributed by atoms with Gasteiger partial charge < -0.3 is 10.2 Å². The van der Waals surface area contributed by atoms with Crippen LogP contribution in [0.15, 0.2) is 36.7 Å². The minimum Gasteiger partial charge on any atom is -0.348 e. The van der Waals surface area contributed by atoms with Gasteiger partial charge in [-0.2, -0.15) is 23.5 Å². The van der Waals surface area contributed by atoms with Crippen molar-refractivity contribution in [2.75, 3.05) is 31.1 Å². The Morgan fingerprint density at radius 2 is 1.79 bits per heavy atom. The number of fused-ring (bicyclic) bond motifs is 1. The second-order valence-corrected chi connectivity index (χ2v) is 9.63. The molecule has 2 aliphatic heterocycles. The first kappa shape index (κ1) is 21.9. The number of hydrogen-bond acceptors (Lipinski definition) is 6. The van der Waals surface area contributed by atoms with E-state index in [9.17, 15) is 13.2 Å². The molecule has 2 atom stereocenters. The maximum atomic E-state index is 12.8. The molecular weight excluding hydrogens is 449 g/mol. The topological polar surface area (TPSA) is 69.8 Å². The maximum Gasteiger partial charge on any atom is 0.408 e. The molecule has 4 heterocycles. The average molecular weight is 473 g/mol. The van der Waals surface area contributed by atoms with Crippen LogP contribution in [0.1, 0.15) is 18.4 Å². The molecule has 3 aromatic rings. The van der Waals surface area contributed by atoms with Gasteiger partial charge in [-0.25, -0.2) is 4.98 Å². The minimum atomic E-state index is -4.34. The van der Waals surface area contributed by atoms with Crippen LogP contribution in [0.4, 0.5) is 18.3 Å². The first-order valence-electron chi connectivity index (χ1n) is 11.0. The number of halogens is 3. The molecule has 0 bridgehead atoms. The Bertz CT molecular complexity index is 1150. The van der Waals surface area contributed by atoms with Crippen molar-refractivity contribution in [1.82, 2.24) is 20.1 Å². The number of thiazole rings is 1. The lowest BCUT2D eigenvalue weighted by molar-refractivity contribution is -0.142. The number of anilines is 1. The largest absolute Gasteiger partial charge is 0.408 e. The van der Waals surface area contributed by atoms with E-state index in [1.54, 1.807) is 12.1 Å². The van der Waals surface area contributed by atoms with Crippen molar-refractivity contribution in [2.24, 2.45) is 11.8 Å². The number of nitrogens with one attached hydrogen (secondary N) is 1. The normalized spacial score (nSPS) is 21.0. The van der Waals surface area contributed by atoms with Crippen LogP contribution >= 0.6 is 11.3 Å². The van der Waals surface area contributed by atoms with Crippen molar-refractivity contribution < 1.29 is 13.2 Å². The molecule has 0 radical (unpaired) electrons. The second kappa shape index (κ2) is 8.80. The Balaban J connectivity index is 1.50. The summed E-state index contributed by atoms with van der Waals surface area (Å²) in [5.41, 5.74) is 2.68. The fraction of sp³-hybridized carbons (Fsp3) is 0.435. The Kier molecular flexibility index (Phi) is 5.85. The van der Waals surface area contributed by atoms with Crippen LogP contribution in [0.2, 0.25) is 0 Å². The lowest BCUT2D eigenvalue weighted by Gasteiger charge is -2.19. The quantitative estimate of drug-likeness (QED) is 0.604. The van der Waals surface area contributed by atoms with Gasteiger partial charge in [-0.1, -0.05) is 23.5 Å². The third-order valence-corrected chi connectivity index (χ3v) is 7.60. The Morgan fingerprint density at radius 1 is 1.09 bits per heavy atom. The molecule has 10 heteroatoms. The third kappa shape index (κ3) is 4.75. The van der Waals surface area contributed by atoms with Gasteiger partial charge in [-0.15, -0.1) is 0 Å². The number of alkyl halides is 3. The summed E-state index contributed by atoms with van der Waals surface area (Å²) >= 11 is 1.49. The molecule has 0 aliphatic carbocycles. The standard InChI is InChI=1S/C23H23F3N6S/c24-23(25,26)14-32-13-19(12-29-32)21-20(16-3-1-15(9-27)2-4-16)30-22(33-21)31-7-5-17-10-28-11-18(17)6-8-31/h1-4,12-13,17-18,28H,5-8,10-11,14H2. The van der Waals surface area contributed by atoms with Gasteiger partial charge in [-0.05, 0) is 49.9 Å². The van der Waals surface area contributed by atoms with E-state index in [-0.39, 0.29) is 0 Å². The second-order valence-electron chi connectivity index (χ2n) is 8.65. The monoisotopic (exact) mass is 472 g/mol. The molecule has 33 heavy (non-hydrogen) atoms. The van der Waals surface area contributed by atoms with Gasteiger partial charge in [0.1, 0.15) is 6.54 Å². The van der Waals surface area contributed by atoms with Gasteiger partial charge in [0.05, 0.1) is 28.4 Å². The zero-order valence-corrected chi connectivity index (χ0v) is 18.7. The summed E-state index contributed by atoms with van der Waals surface area (Å²) in [5, 5.41) is 17.4. The van der Waals surface area contributed by atoms with Crippen molar-refractivity contribution in [3.05, 3.63) is 42.2 Å². The van der Waals surface area contributed by atoms with Gasteiger partial charge in [-0.3, -0.25) is 4.68 Å². The first-order valence-corrected chi connectivity index (χ1v) is 11.8. The van der Waals surface area contributed by atoms with Crippen LogP contribution < -0.4 is 10.2 Å². The van der Waals surface area contributed by atoms with E-state index < -0.39 is 12.7 Å². The molecule has 1 aromatic carbocycles. The summed E-state index contributed by atoms with van der Waals surface area (Å²) in [6.07, 6.45) is 0.757. The van der Waals surface area contributed by atoms with Crippen molar-refractivity contribution in [3.8, 4) is 27.8 Å². The maximum absolute atomic E-state index is 12.8. The van der Waals surface area contributed by atoms with Gasteiger partial charge in [0, 0.05) is 30.4 Å². The van der Waals surface area contributed by atoms with Crippen LogP contribution in [-0.2, 0) is 6.54 Å². The summed E-state index contributed by atoms with van der Waals surface area (Å²) in [7, 11) is 0. The highest BCUT2D eigenvalue weighted by Gasteiger charge is 2.32. The number of nitrogens with zero attached hydrogens (tertiary/aromatic N) is 5. The minimum absolute atomic E-state index is 0.543. The summed E-state index contributed by atoms with van der Waals surface area (Å²) in [5.74, 6) is 1.38. The SMILES string of the molecule is N#Cc1ccc(-c2nc(N3CCC4CNCC4CC3)sc2-c2cnn(CC(F)(F)F)c2)cc1. The predicted molar refractivity (Wildman–Crippen MR) is 121 cm³/mol. The molecule has 2 aromatic heterocycles. The molecule has 0 spiro atoms. The fourth-order valence-electron chi connectivity index (χ4n) is 4.70. The van der Waals surface area contributed by atoms with Crippen molar-refractivity contribution in [1.29, 1.82) is 5.26 Å². The van der Waals surface area contributed by atoms with E-state index >= 15 is 0 Å². The Labute approximate surface area is 193 Å². The number of hydrogen-bond donors (Lipinski definition) is 1. The van der Waals surface area contributed by atoms with Crippen LogP contribution in [0, 0.1) is 23.2 Å². The van der Waals surface area contributed by atoms with Crippen LogP contribution in [0.3, 0.4) is 0 Å². The first-order chi connectivity index (χ1) is 15.9. The molecular formula is C23H23F3N6S. The molecule has 0 amide bonds. The van der Waals surface area contributed by atoms with Gasteiger partial charge in [0.25, 0.3) is 0 Å². The molecule has 2 aliphatic rings. The molecule has 1 N–H and O–H groups in total. The highest BCUT2D eigenvalue weighted by atomic mass is 32.1. The average Bonchev–Trinajstić information content (AvgIpc) is 3.51. The van der Waals surface area contributed by atoms with Crippen molar-refractivity contribution in [2.45, 2.75) is 25.6 Å². The predicted octanol–water partition coefficient (Wildman–Crippen LogP) is 4.54. The summed E-state index contributed by atoms with van der Waals surface area (Å²) in [6.45, 7) is 2.83. The van der Waals surface area contributed by atoms with Gasteiger partial charge in [0.2, 0.25) is 0 Å². The number of aromatic nitrogens is 3. The highest BCUT2D eigenvalue weighted by Crippen LogP contribution is 2.41. The van der Waals surface area contributed by atoms with E-state index in [0.717, 1.165) is 59.3 Å². The summed E-state index contributed by atoms with van der Waals surface area (Å²) in [4.78, 5) is 8.03. The van der Waals surface area contributed by atoms with Gasteiger partial charge in [0.15, 0.2) is 5.13 Å². The lowest BCUT2D eigenvalue weighted by atomic mass is 9.92. The zero-order valence-electron chi connectivity index (χ0n) is 17.8. The van der Waals surface area contributed by atoms with E-state index in [2.05, 4.69) is 21.4 Å². The smallest absolute Gasteiger partial charge is 0.348 e. The fourth-order valence-corrected chi connectivity index (χ4v) is 5.81. The molecule has 2 unspecified atom stereocenters. The Morgan fingerprint density at radius 3 is 2.42 bits per heavy atom. The number of nitriles is 1. The van der Waals surface area contributed by atoms with Crippen LogP contribution in [-0.4, -0.2) is 47.1 Å².